The van der Waals surface area contributed by atoms with E-state index in [1.54, 1.807) is 24.3 Å². The van der Waals surface area contributed by atoms with Gasteiger partial charge in [0.2, 0.25) is 0 Å². The highest BCUT2D eigenvalue weighted by Crippen LogP contribution is 2.20. The monoisotopic (exact) mass is 278 g/mol. The predicted octanol–water partition coefficient (Wildman–Crippen LogP) is 1.72. The lowest BCUT2D eigenvalue weighted by Gasteiger charge is -2.11. The van der Waals surface area contributed by atoms with Crippen molar-refractivity contribution in [3.8, 4) is 5.75 Å². The van der Waals surface area contributed by atoms with Crippen molar-refractivity contribution < 1.29 is 14.3 Å². The summed E-state index contributed by atoms with van der Waals surface area (Å²) in [6.45, 7) is 1.08. The van der Waals surface area contributed by atoms with Gasteiger partial charge < -0.3 is 20.5 Å². The van der Waals surface area contributed by atoms with Gasteiger partial charge in [-0.3, -0.25) is 4.79 Å². The van der Waals surface area contributed by atoms with Crippen LogP contribution in [0.3, 0.4) is 0 Å². The van der Waals surface area contributed by atoms with Crippen molar-refractivity contribution in [2.24, 2.45) is 0 Å². The number of amides is 1. The van der Waals surface area contributed by atoms with Gasteiger partial charge in [0.1, 0.15) is 5.75 Å². The third-order valence-corrected chi connectivity index (χ3v) is 3.31. The molecule has 0 spiro atoms. The Hall–Kier alpha value is -1.75. The highest BCUT2D eigenvalue weighted by molar-refractivity contribution is 5.77. The van der Waals surface area contributed by atoms with E-state index in [9.17, 15) is 4.79 Å². The van der Waals surface area contributed by atoms with Crippen LogP contribution in [0, 0.1) is 0 Å². The number of ether oxygens (including phenoxy) is 2. The molecule has 0 atom stereocenters. The molecule has 3 N–H and O–H groups in total. The van der Waals surface area contributed by atoms with Crippen LogP contribution in [-0.2, 0) is 9.53 Å². The number of hydrogen-bond donors (Lipinski definition) is 2. The molecule has 1 aromatic carbocycles. The smallest absolute Gasteiger partial charge is 0.258 e. The Bertz CT molecular complexity index is 431. The second kappa shape index (κ2) is 7.75. The van der Waals surface area contributed by atoms with Gasteiger partial charge in [-0.25, -0.2) is 0 Å². The molecule has 1 aromatic rings. The van der Waals surface area contributed by atoms with E-state index in [1.807, 2.05) is 0 Å². The number of nitrogen functional groups attached to an aromatic ring is 1. The fraction of sp³-hybridized carbons (Fsp3) is 0.533. The topological polar surface area (TPSA) is 73.6 Å². The normalized spacial score (nSPS) is 15.2. The fourth-order valence-electron chi connectivity index (χ4n) is 2.28. The van der Waals surface area contributed by atoms with Gasteiger partial charge in [-0.1, -0.05) is 18.9 Å². The minimum Gasteiger partial charge on any atom is -0.484 e. The molecule has 5 nitrogen and oxygen atoms in total. The summed E-state index contributed by atoms with van der Waals surface area (Å²) in [6.07, 6.45) is 5.19. The fourth-order valence-corrected chi connectivity index (χ4v) is 2.28. The first-order chi connectivity index (χ1) is 9.74. The molecule has 1 fully saturated rings. The second-order valence-electron chi connectivity index (χ2n) is 4.99. The standard InChI is InChI=1S/C15H22N2O3/c16-12-4-3-7-14(10-12)20-11-15(18)17-8-9-19-13-5-1-2-6-13/h3-4,7,10,13H,1-2,5-6,8-9,11,16H2,(H,17,18). The van der Waals surface area contributed by atoms with Crippen molar-refractivity contribution >= 4 is 11.6 Å². The zero-order valence-corrected chi connectivity index (χ0v) is 11.6. The molecule has 1 aliphatic rings. The maximum Gasteiger partial charge on any atom is 0.258 e. The largest absolute Gasteiger partial charge is 0.484 e. The molecule has 1 amide bonds. The third-order valence-electron chi connectivity index (χ3n) is 3.31. The maximum absolute atomic E-state index is 11.6. The molecule has 0 aliphatic heterocycles. The van der Waals surface area contributed by atoms with E-state index in [1.165, 1.54) is 12.8 Å². The van der Waals surface area contributed by atoms with Gasteiger partial charge in [-0.2, -0.15) is 0 Å². The molecule has 0 aromatic heterocycles. The first kappa shape index (κ1) is 14.7. The molecule has 0 radical (unpaired) electrons. The maximum atomic E-state index is 11.6. The van der Waals surface area contributed by atoms with E-state index >= 15 is 0 Å². The van der Waals surface area contributed by atoms with Crippen molar-refractivity contribution in [2.45, 2.75) is 31.8 Å². The Balaban J connectivity index is 1.56. The molecule has 1 saturated carbocycles. The lowest BCUT2D eigenvalue weighted by molar-refractivity contribution is -0.123. The Morgan fingerprint density at radius 1 is 1.35 bits per heavy atom. The number of hydrogen-bond acceptors (Lipinski definition) is 4. The quantitative estimate of drug-likeness (QED) is 0.588. The molecule has 5 heteroatoms. The summed E-state index contributed by atoms with van der Waals surface area (Å²) in [5.41, 5.74) is 6.24. The molecule has 1 aliphatic carbocycles. The molecular weight excluding hydrogens is 256 g/mol. The SMILES string of the molecule is Nc1cccc(OCC(=O)NCCOC2CCCC2)c1. The van der Waals surface area contributed by atoms with Gasteiger partial charge in [-0.15, -0.1) is 0 Å². The number of anilines is 1. The summed E-state index contributed by atoms with van der Waals surface area (Å²) >= 11 is 0. The Kier molecular flexibility index (Phi) is 5.68. The zero-order chi connectivity index (χ0) is 14.2. The van der Waals surface area contributed by atoms with E-state index in [-0.39, 0.29) is 12.5 Å². The molecule has 0 unspecified atom stereocenters. The van der Waals surface area contributed by atoms with Crippen LogP contribution in [0.5, 0.6) is 5.75 Å². The van der Waals surface area contributed by atoms with E-state index in [0.29, 0.717) is 30.7 Å². The first-order valence-electron chi connectivity index (χ1n) is 7.10. The zero-order valence-electron chi connectivity index (χ0n) is 11.6. The average molecular weight is 278 g/mol. The van der Waals surface area contributed by atoms with E-state index in [4.69, 9.17) is 15.2 Å². The van der Waals surface area contributed by atoms with Crippen LogP contribution in [-0.4, -0.2) is 31.8 Å². The van der Waals surface area contributed by atoms with Crippen LogP contribution in [0.15, 0.2) is 24.3 Å². The van der Waals surface area contributed by atoms with Crippen LogP contribution in [0.25, 0.3) is 0 Å². The van der Waals surface area contributed by atoms with Crippen LogP contribution in [0.1, 0.15) is 25.7 Å². The molecule has 110 valence electrons. The summed E-state index contributed by atoms with van der Waals surface area (Å²) < 4.78 is 11.0. The minimum absolute atomic E-state index is 0.00706. The highest BCUT2D eigenvalue weighted by atomic mass is 16.5. The molecule has 0 bridgehead atoms. The molecule has 0 heterocycles. The summed E-state index contributed by atoms with van der Waals surface area (Å²) in [4.78, 5) is 11.6. The van der Waals surface area contributed by atoms with Gasteiger partial charge in [0.25, 0.3) is 5.91 Å². The van der Waals surface area contributed by atoms with Crippen LogP contribution < -0.4 is 15.8 Å². The highest BCUT2D eigenvalue weighted by Gasteiger charge is 2.14. The van der Waals surface area contributed by atoms with E-state index in [0.717, 1.165) is 12.8 Å². The van der Waals surface area contributed by atoms with Crippen LogP contribution >= 0.6 is 0 Å². The number of nitrogens with one attached hydrogen (secondary N) is 1. The van der Waals surface area contributed by atoms with E-state index < -0.39 is 0 Å². The van der Waals surface area contributed by atoms with Crippen molar-refractivity contribution in [1.82, 2.24) is 5.32 Å². The lowest BCUT2D eigenvalue weighted by atomic mass is 10.3. The third kappa shape index (κ3) is 5.09. The van der Waals surface area contributed by atoms with Crippen molar-refractivity contribution in [3.63, 3.8) is 0 Å². The van der Waals surface area contributed by atoms with Crippen LogP contribution in [0.4, 0.5) is 5.69 Å². The number of benzene rings is 1. The van der Waals surface area contributed by atoms with Gasteiger partial charge in [0.05, 0.1) is 12.7 Å². The van der Waals surface area contributed by atoms with Gasteiger partial charge in [0, 0.05) is 18.3 Å². The van der Waals surface area contributed by atoms with Crippen molar-refractivity contribution in [2.75, 3.05) is 25.5 Å². The Labute approximate surface area is 119 Å². The summed E-state index contributed by atoms with van der Waals surface area (Å²) in [7, 11) is 0. The number of nitrogens with two attached hydrogens (primary N) is 1. The second-order valence-corrected chi connectivity index (χ2v) is 4.99. The molecule has 0 saturated heterocycles. The number of carbonyl (C=O) groups excluding carboxylic acids is 1. The predicted molar refractivity (Wildman–Crippen MR) is 77.6 cm³/mol. The number of rotatable bonds is 7. The minimum atomic E-state index is -0.151. The molecule has 2 rings (SSSR count). The van der Waals surface area contributed by atoms with Gasteiger partial charge >= 0.3 is 0 Å². The number of carbonyl (C=O) groups is 1. The first-order valence-corrected chi connectivity index (χ1v) is 7.10. The van der Waals surface area contributed by atoms with Gasteiger partial charge in [0.15, 0.2) is 6.61 Å². The van der Waals surface area contributed by atoms with Crippen molar-refractivity contribution in [1.29, 1.82) is 0 Å². The van der Waals surface area contributed by atoms with Gasteiger partial charge in [-0.05, 0) is 25.0 Å². The Morgan fingerprint density at radius 2 is 2.15 bits per heavy atom. The summed E-state index contributed by atoms with van der Waals surface area (Å²) in [5, 5.41) is 2.77. The Morgan fingerprint density at radius 3 is 2.90 bits per heavy atom. The van der Waals surface area contributed by atoms with E-state index in [2.05, 4.69) is 5.32 Å². The average Bonchev–Trinajstić information content (AvgIpc) is 2.95. The summed E-state index contributed by atoms with van der Waals surface area (Å²) in [5.74, 6) is 0.449. The molecular formula is C15H22N2O3. The lowest BCUT2D eigenvalue weighted by Crippen LogP contribution is -2.32. The van der Waals surface area contributed by atoms with Crippen LogP contribution in [0.2, 0.25) is 0 Å². The molecule has 20 heavy (non-hydrogen) atoms. The van der Waals surface area contributed by atoms with Crippen molar-refractivity contribution in [3.05, 3.63) is 24.3 Å². The summed E-state index contributed by atoms with van der Waals surface area (Å²) in [6, 6.07) is 7.02.